The van der Waals surface area contributed by atoms with E-state index in [1.165, 1.54) is 12.3 Å². The van der Waals surface area contributed by atoms with E-state index in [9.17, 15) is 9.59 Å². The zero-order chi connectivity index (χ0) is 24.2. The van der Waals surface area contributed by atoms with Crippen molar-refractivity contribution in [1.82, 2.24) is 9.88 Å². The molecular weight excluding hydrogens is 473 g/mol. The van der Waals surface area contributed by atoms with Crippen LogP contribution in [-0.4, -0.2) is 59.3 Å². The third-order valence-corrected chi connectivity index (χ3v) is 6.02. The predicted molar refractivity (Wildman–Crippen MR) is 135 cm³/mol. The summed E-state index contributed by atoms with van der Waals surface area (Å²) in [6.45, 7) is 1.99. The van der Waals surface area contributed by atoms with Crippen LogP contribution in [0.5, 0.6) is 0 Å². The van der Waals surface area contributed by atoms with Crippen LogP contribution in [0, 0.1) is 0 Å². The number of hydrogen-bond donors (Lipinski definition) is 2. The minimum Gasteiger partial charge on any atom is -0.321 e. The molecule has 3 aromatic rings. The molecule has 0 bridgehead atoms. The molecule has 4 rings (SSSR count). The molecule has 0 spiro atoms. The van der Waals surface area contributed by atoms with E-state index in [2.05, 4.69) is 39.2 Å². The minimum atomic E-state index is -0.456. The molecule has 2 N–H and O–H groups in total. The number of hydrogen-bond acceptors (Lipinski definition) is 4. The third kappa shape index (κ3) is 5.38. The Labute approximate surface area is 208 Å². The van der Waals surface area contributed by atoms with Crippen LogP contribution in [0.3, 0.4) is 0 Å². The first-order chi connectivity index (χ1) is 16.3. The highest BCUT2D eigenvalue weighted by molar-refractivity contribution is 6.31. The van der Waals surface area contributed by atoms with Crippen LogP contribution in [0.2, 0.25) is 10.0 Å². The zero-order valence-electron chi connectivity index (χ0n) is 18.8. The van der Waals surface area contributed by atoms with Gasteiger partial charge in [-0.15, -0.1) is 0 Å². The van der Waals surface area contributed by atoms with Gasteiger partial charge in [-0.05, 0) is 54.6 Å². The van der Waals surface area contributed by atoms with Crippen LogP contribution in [0.4, 0.5) is 11.5 Å². The third-order valence-electron chi connectivity index (χ3n) is 5.56. The van der Waals surface area contributed by atoms with E-state index in [1.54, 1.807) is 36.4 Å². The van der Waals surface area contributed by atoms with Gasteiger partial charge in [0, 0.05) is 23.2 Å². The summed E-state index contributed by atoms with van der Waals surface area (Å²) < 4.78 is 2.21. The highest BCUT2D eigenvalue weighted by Gasteiger charge is 2.24. The van der Waals surface area contributed by atoms with Gasteiger partial charge in [0.15, 0.2) is 0 Å². The summed E-state index contributed by atoms with van der Waals surface area (Å²) in [5.41, 5.74) is 2.08. The van der Waals surface area contributed by atoms with Crippen LogP contribution in [0.15, 0.2) is 60.8 Å². The van der Waals surface area contributed by atoms with Crippen molar-refractivity contribution in [3.63, 3.8) is 0 Å². The Morgan fingerprint density at radius 2 is 1.71 bits per heavy atom. The fourth-order valence-electron chi connectivity index (χ4n) is 3.90. The SMILES string of the molecule is CN1CCC[N+](C)=C1c1ccc(C(=O)Nc2ccc(Cl)cc2C(=O)Nc2ccc(Cl)cn2)cc1. The van der Waals surface area contributed by atoms with Gasteiger partial charge in [-0.2, -0.15) is 0 Å². The standard InChI is InChI=1S/C25H23Cl2N5O2/c1-31-12-3-13-32(2)25(31)17-6-4-16(5-7-17)23(33)29-21-10-8-18(26)14-20(21)24(34)30-22-11-9-19(27)15-28-22/h4-11,14-15H,3,12-13H2,1-2H3,(H-,28,29,30,33,34)/p+1. The molecule has 2 aromatic carbocycles. The highest BCUT2D eigenvalue weighted by Crippen LogP contribution is 2.23. The molecule has 2 amide bonds. The number of amides is 2. The van der Waals surface area contributed by atoms with Crippen molar-refractivity contribution in [1.29, 1.82) is 0 Å². The number of rotatable bonds is 5. The maximum Gasteiger partial charge on any atom is 0.278 e. The van der Waals surface area contributed by atoms with Crippen LogP contribution in [0.1, 0.15) is 32.7 Å². The Hall–Kier alpha value is -3.42. The van der Waals surface area contributed by atoms with Gasteiger partial charge in [0.05, 0.1) is 49.0 Å². The Balaban J connectivity index is 1.53. The van der Waals surface area contributed by atoms with Crippen molar-refractivity contribution in [2.24, 2.45) is 0 Å². The van der Waals surface area contributed by atoms with Crippen molar-refractivity contribution in [2.75, 3.05) is 37.8 Å². The number of nitrogens with zero attached hydrogens (tertiary/aromatic N) is 3. The number of benzene rings is 2. The van der Waals surface area contributed by atoms with E-state index in [0.717, 1.165) is 30.9 Å². The first kappa shape index (κ1) is 23.7. The maximum absolute atomic E-state index is 13.0. The van der Waals surface area contributed by atoms with Crippen molar-refractivity contribution in [2.45, 2.75) is 6.42 Å². The smallest absolute Gasteiger partial charge is 0.278 e. The summed E-state index contributed by atoms with van der Waals surface area (Å²) in [4.78, 5) is 32.1. The van der Waals surface area contributed by atoms with Gasteiger partial charge in [0.25, 0.3) is 17.6 Å². The lowest BCUT2D eigenvalue weighted by atomic mass is 10.1. The number of pyridine rings is 1. The quantitative estimate of drug-likeness (QED) is 0.505. The molecule has 174 valence electrons. The van der Waals surface area contributed by atoms with E-state index in [1.807, 2.05) is 12.1 Å². The fourth-order valence-corrected chi connectivity index (χ4v) is 4.18. The number of nitrogens with one attached hydrogen (secondary N) is 2. The first-order valence-electron chi connectivity index (χ1n) is 10.8. The lowest BCUT2D eigenvalue weighted by molar-refractivity contribution is -0.507. The molecule has 0 saturated carbocycles. The number of anilines is 2. The van der Waals surface area contributed by atoms with E-state index in [0.29, 0.717) is 27.1 Å². The highest BCUT2D eigenvalue weighted by atomic mass is 35.5. The molecule has 9 heteroatoms. The van der Waals surface area contributed by atoms with Crippen LogP contribution in [0.25, 0.3) is 0 Å². The molecule has 0 saturated heterocycles. The van der Waals surface area contributed by atoms with Gasteiger partial charge in [-0.1, -0.05) is 23.2 Å². The predicted octanol–water partition coefficient (Wildman–Crippen LogP) is 4.62. The monoisotopic (exact) mass is 496 g/mol. The molecule has 0 fully saturated rings. The molecule has 7 nitrogen and oxygen atoms in total. The molecular formula is C25H24Cl2N5O2+. The molecule has 0 atom stereocenters. The van der Waals surface area contributed by atoms with Crippen molar-refractivity contribution >= 4 is 52.4 Å². The molecule has 2 heterocycles. The topological polar surface area (TPSA) is 77.3 Å². The Morgan fingerprint density at radius 1 is 0.971 bits per heavy atom. The maximum atomic E-state index is 13.0. The second-order valence-corrected chi connectivity index (χ2v) is 8.93. The van der Waals surface area contributed by atoms with Gasteiger partial charge in [0.2, 0.25) is 0 Å². The molecule has 0 aliphatic carbocycles. The summed E-state index contributed by atoms with van der Waals surface area (Å²) in [7, 11) is 4.14. The van der Waals surface area contributed by atoms with E-state index >= 15 is 0 Å². The van der Waals surface area contributed by atoms with Crippen LogP contribution < -0.4 is 10.6 Å². The molecule has 34 heavy (non-hydrogen) atoms. The molecule has 0 radical (unpaired) electrons. The lowest BCUT2D eigenvalue weighted by Gasteiger charge is -2.22. The molecule has 1 aromatic heterocycles. The van der Waals surface area contributed by atoms with Gasteiger partial charge in [-0.25, -0.2) is 4.98 Å². The Kier molecular flexibility index (Phi) is 7.14. The summed E-state index contributed by atoms with van der Waals surface area (Å²) in [6, 6.07) is 15.3. The van der Waals surface area contributed by atoms with Gasteiger partial charge < -0.3 is 10.6 Å². The Morgan fingerprint density at radius 3 is 2.38 bits per heavy atom. The molecule has 1 aliphatic rings. The van der Waals surface area contributed by atoms with E-state index in [4.69, 9.17) is 23.2 Å². The second-order valence-electron chi connectivity index (χ2n) is 8.06. The van der Waals surface area contributed by atoms with Crippen molar-refractivity contribution < 1.29 is 14.2 Å². The Bertz CT molecular complexity index is 1260. The van der Waals surface area contributed by atoms with Gasteiger partial charge in [0.1, 0.15) is 5.82 Å². The average Bonchev–Trinajstić information content (AvgIpc) is 2.82. The largest absolute Gasteiger partial charge is 0.321 e. The molecule has 1 aliphatic heterocycles. The average molecular weight is 497 g/mol. The summed E-state index contributed by atoms with van der Waals surface area (Å²) in [5, 5.41) is 6.33. The van der Waals surface area contributed by atoms with Crippen LogP contribution >= 0.6 is 23.2 Å². The van der Waals surface area contributed by atoms with Crippen LogP contribution in [-0.2, 0) is 0 Å². The van der Waals surface area contributed by atoms with Crippen molar-refractivity contribution in [3.8, 4) is 0 Å². The number of halogens is 2. The first-order valence-corrected chi connectivity index (χ1v) is 11.5. The summed E-state index contributed by atoms with van der Waals surface area (Å²) >= 11 is 12.0. The van der Waals surface area contributed by atoms with Gasteiger partial charge >= 0.3 is 0 Å². The number of amidine groups is 1. The summed E-state index contributed by atoms with van der Waals surface area (Å²) in [6.07, 6.45) is 2.55. The van der Waals surface area contributed by atoms with Gasteiger partial charge in [-0.3, -0.25) is 19.1 Å². The lowest BCUT2D eigenvalue weighted by Crippen LogP contribution is -2.41. The number of aromatic nitrogens is 1. The molecule has 0 unspecified atom stereocenters. The minimum absolute atomic E-state index is 0.218. The summed E-state index contributed by atoms with van der Waals surface area (Å²) in [5.74, 6) is 0.675. The fraction of sp³-hybridized carbons (Fsp3) is 0.200. The normalized spacial score (nSPS) is 13.6. The number of carbonyl (C=O) groups is 2. The van der Waals surface area contributed by atoms with E-state index < -0.39 is 5.91 Å². The second kappa shape index (κ2) is 10.2. The zero-order valence-corrected chi connectivity index (χ0v) is 20.3. The number of carbonyl (C=O) groups excluding carboxylic acids is 2. The van der Waals surface area contributed by atoms with Crippen molar-refractivity contribution in [3.05, 3.63) is 87.5 Å². The van der Waals surface area contributed by atoms with E-state index in [-0.39, 0.29) is 11.5 Å².